The van der Waals surface area contributed by atoms with Crippen LogP contribution >= 0.6 is 0 Å². The molecule has 3 aliphatic heterocycles. The van der Waals surface area contributed by atoms with Crippen LogP contribution in [-0.4, -0.2) is 141 Å². The summed E-state index contributed by atoms with van der Waals surface area (Å²) in [5.74, 6) is 0. The first kappa shape index (κ1) is 49.1. The van der Waals surface area contributed by atoms with E-state index in [4.69, 9.17) is 5.65 Å². The third-order valence-electron chi connectivity index (χ3n) is 12.2. The number of hydrogen-bond donors (Lipinski definition) is 0. The van der Waals surface area contributed by atoms with Crippen LogP contribution in [0.3, 0.4) is 0 Å². The van der Waals surface area contributed by atoms with Crippen LogP contribution in [0.4, 0.5) is 0 Å². The fraction of sp³-hybridized carbons (Fsp3) is 1.00. The Morgan fingerprint density at radius 1 is 0.260 bits per heavy atom. The molecule has 0 aliphatic carbocycles. The quantitative estimate of drug-likeness (QED) is 0.183. The molecule has 0 N–H and O–H groups in total. The van der Waals surface area contributed by atoms with Crippen LogP contribution in [0.15, 0.2) is 0 Å². The first-order valence-corrected chi connectivity index (χ1v) is 73.1. The van der Waals surface area contributed by atoms with Crippen molar-refractivity contribution in [2.75, 3.05) is 0 Å². The molecule has 0 spiro atoms. The Bertz CT molecular complexity index is 987. The van der Waals surface area contributed by atoms with Gasteiger partial charge in [-0.05, 0) is 0 Å². The molecular weight excluding hydrogens is 1170 g/mol. The van der Waals surface area contributed by atoms with Gasteiger partial charge in [0.05, 0.1) is 0 Å². The monoisotopic (exact) mass is 1260 g/mol. The fourth-order valence-corrected chi connectivity index (χ4v) is 339. The third kappa shape index (κ3) is 10.4. The SMILES string of the molecule is C[Si](C)(C)[CH]([Si](C)(C)C)[Sn]12[CH2]C[CH2][Sn]([CH]([Si](C)(C)C)[Si](C)(C)C)([O]1)[O][Sn]1([CH]([Si](C)(C)C)[Si](C)(C)C)[CH2]C[CH2][Sn]([CH]([Si](C)(C)C)[Si](C)(C)C)([O]1)[O]2. The van der Waals surface area contributed by atoms with E-state index < -0.39 is 141 Å². The van der Waals surface area contributed by atoms with Gasteiger partial charge in [-0.1, -0.05) is 0 Å². The molecule has 3 aliphatic rings. The molecule has 3 fully saturated rings. The molecule has 3 heterocycles. The van der Waals surface area contributed by atoms with E-state index in [2.05, 4.69) is 157 Å². The van der Waals surface area contributed by atoms with E-state index in [9.17, 15) is 0 Å². The first-order chi connectivity index (χ1) is 21.7. The van der Waals surface area contributed by atoms with Crippen molar-refractivity contribution in [1.29, 1.82) is 0 Å². The topological polar surface area (TPSA) is 36.9 Å². The summed E-state index contributed by atoms with van der Waals surface area (Å²) in [6.45, 7) is 65.4. The molecule has 0 atom stereocenters. The molecule has 4 bridgehead atoms. The molecule has 0 radical (unpaired) electrons. The molecule has 0 unspecified atom stereocenters. The number of hydrogen-bond acceptors (Lipinski definition) is 4. The second kappa shape index (κ2) is 15.3. The van der Waals surface area contributed by atoms with Crippen LogP contribution < -0.4 is 0 Å². The van der Waals surface area contributed by atoms with Gasteiger partial charge in [0.2, 0.25) is 0 Å². The van der Waals surface area contributed by atoms with E-state index in [0.29, 0.717) is 0 Å². The zero-order chi connectivity index (χ0) is 39.4. The molecule has 50 heavy (non-hydrogen) atoms. The molecule has 3 rings (SSSR count). The Kier molecular flexibility index (Phi) is 15.1. The van der Waals surface area contributed by atoms with E-state index in [-0.39, 0.29) is 0 Å². The summed E-state index contributed by atoms with van der Waals surface area (Å²) in [4.78, 5) is 0. The second-order valence-corrected chi connectivity index (χ2v) is 133. The van der Waals surface area contributed by atoms with Crippen molar-refractivity contribution in [3.05, 3.63) is 0 Å². The minimum absolute atomic E-state index is 0.753. The summed E-state index contributed by atoms with van der Waals surface area (Å²) >= 11 is -15.6. The third-order valence-corrected chi connectivity index (χ3v) is 213. The normalized spacial score (nSPS) is 31.4. The average molecular weight is 1260 g/mol. The Balaban J connectivity index is 2.69. The van der Waals surface area contributed by atoms with Crippen LogP contribution in [0.25, 0.3) is 0 Å². The van der Waals surface area contributed by atoms with Gasteiger partial charge in [-0.25, -0.2) is 0 Å². The van der Waals surface area contributed by atoms with E-state index in [0.717, 1.165) is 12.7 Å². The van der Waals surface area contributed by atoms with Gasteiger partial charge < -0.3 is 0 Å². The summed E-state index contributed by atoms with van der Waals surface area (Å²) in [5, 5.41) is 0. The van der Waals surface area contributed by atoms with Crippen molar-refractivity contribution in [2.45, 2.75) is 200 Å². The van der Waals surface area contributed by atoms with Gasteiger partial charge in [0.15, 0.2) is 0 Å². The zero-order valence-corrected chi connectivity index (χ0v) is 57.6. The van der Waals surface area contributed by atoms with Crippen LogP contribution in [-0.2, 0) is 5.65 Å². The standard InChI is InChI=1S/4C7H19Si2.2C3H6.4O.4Sn/c4*1-8(2,3)7-9(4,5)6;2*1-3-2;;;;;;;;/h4*7H,1-6H3;2*1-3H2;;;;;;;;. The fourth-order valence-electron chi connectivity index (χ4n) is 14.3. The van der Waals surface area contributed by atoms with E-state index >= 15 is 0 Å². The first-order valence-electron chi connectivity index (χ1n) is 20.5. The molecule has 0 aromatic carbocycles. The Labute approximate surface area is 342 Å². The van der Waals surface area contributed by atoms with Gasteiger partial charge in [0, 0.05) is 0 Å². The van der Waals surface area contributed by atoms with Crippen molar-refractivity contribution in [3.63, 3.8) is 0 Å². The average Bonchev–Trinajstić information content (AvgIpc) is 2.69. The molecule has 0 saturated carbocycles. The zero-order valence-electron chi connectivity index (χ0n) is 38.2. The van der Waals surface area contributed by atoms with Crippen LogP contribution in [0.2, 0.25) is 188 Å². The second-order valence-electron chi connectivity index (χ2n) is 26.0. The van der Waals surface area contributed by atoms with Crippen molar-refractivity contribution >= 4 is 141 Å². The van der Waals surface area contributed by atoms with Crippen molar-refractivity contribution in [2.24, 2.45) is 0 Å². The van der Waals surface area contributed by atoms with Crippen LogP contribution in [0, 0.1) is 0 Å². The Hall–Kier alpha value is 4.77. The number of fused-ring (bicyclic) bond motifs is 4. The van der Waals surface area contributed by atoms with E-state index in [1.165, 1.54) is 30.6 Å². The van der Waals surface area contributed by atoms with Gasteiger partial charge in [0.25, 0.3) is 0 Å². The maximum absolute atomic E-state index is 9.04. The molecule has 16 heteroatoms. The molecule has 296 valence electrons. The summed E-state index contributed by atoms with van der Waals surface area (Å²) in [7, 11) is -13.3. The predicted molar refractivity (Wildman–Crippen MR) is 258 cm³/mol. The van der Waals surface area contributed by atoms with E-state index in [1.54, 1.807) is 0 Å². The summed E-state index contributed by atoms with van der Waals surface area (Å²) in [6, 6.07) is 0. The maximum atomic E-state index is 9.04. The van der Waals surface area contributed by atoms with Crippen molar-refractivity contribution < 1.29 is 5.65 Å². The van der Waals surface area contributed by atoms with Crippen LogP contribution in [0.5, 0.6) is 0 Å². The van der Waals surface area contributed by atoms with E-state index in [1.807, 2.05) is 0 Å². The molecule has 0 aromatic rings. The molecule has 0 aromatic heterocycles. The van der Waals surface area contributed by atoms with Gasteiger partial charge in [0.1, 0.15) is 0 Å². The predicted octanol–water partition coefficient (Wildman–Crippen LogP) is 13.1. The Morgan fingerprint density at radius 2 is 0.380 bits per heavy atom. The van der Waals surface area contributed by atoms with Crippen LogP contribution in [0.1, 0.15) is 12.8 Å². The van der Waals surface area contributed by atoms with Gasteiger partial charge in [-0.2, -0.15) is 0 Å². The van der Waals surface area contributed by atoms with Gasteiger partial charge in [-0.15, -0.1) is 0 Å². The summed E-state index contributed by atoms with van der Waals surface area (Å²) < 4.78 is 44.3. The van der Waals surface area contributed by atoms with Gasteiger partial charge in [-0.3, -0.25) is 0 Å². The minimum atomic E-state index is -3.89. The number of rotatable bonds is 12. The summed E-state index contributed by atoms with van der Waals surface area (Å²) in [6.07, 6.45) is 2.73. The summed E-state index contributed by atoms with van der Waals surface area (Å²) in [5.41, 5.74) is 0. The Morgan fingerprint density at radius 3 is 0.480 bits per heavy atom. The molecular formula is C34H88O4Si8Sn4. The molecule has 3 saturated heterocycles. The van der Waals surface area contributed by atoms with Gasteiger partial charge >= 0.3 is 347 Å². The molecule has 4 nitrogen and oxygen atoms in total. The molecule has 0 amide bonds. The van der Waals surface area contributed by atoms with Crippen molar-refractivity contribution in [3.8, 4) is 0 Å². The van der Waals surface area contributed by atoms with Crippen molar-refractivity contribution in [1.82, 2.24) is 0 Å².